The Morgan fingerprint density at radius 3 is 2.62 bits per heavy atom. The van der Waals surface area contributed by atoms with Crippen LogP contribution in [0.2, 0.25) is 5.15 Å². The Labute approximate surface area is 130 Å². The molecule has 0 aromatic carbocycles. The van der Waals surface area contributed by atoms with Crippen LogP contribution in [-0.2, 0) is 18.0 Å². The van der Waals surface area contributed by atoms with Gasteiger partial charge in [0.2, 0.25) is 12.1 Å². The predicted molar refractivity (Wildman–Crippen MR) is 76.9 cm³/mol. The fourth-order valence-corrected chi connectivity index (χ4v) is 2.02. The van der Waals surface area contributed by atoms with Crippen molar-refractivity contribution < 1.29 is 23.1 Å². The number of methoxy groups -OCH3 is 1. The highest BCUT2D eigenvalue weighted by Crippen LogP contribution is 2.29. The van der Waals surface area contributed by atoms with Crippen molar-refractivity contribution in [3.8, 4) is 17.1 Å². The summed E-state index contributed by atoms with van der Waals surface area (Å²) in [5.74, 6) is 0.395. The van der Waals surface area contributed by atoms with Gasteiger partial charge in [0.1, 0.15) is 10.7 Å². The Balaban J connectivity index is 0.000000677. The van der Waals surface area contributed by atoms with E-state index < -0.39 is 11.6 Å². The second-order valence-corrected chi connectivity index (χ2v) is 4.36. The van der Waals surface area contributed by atoms with Crippen LogP contribution in [0.4, 0.5) is 0 Å². The van der Waals surface area contributed by atoms with Crippen LogP contribution in [-0.4, -0.2) is 25.7 Å². The molecule has 2 heterocycles. The molecule has 0 aliphatic heterocycles. The van der Waals surface area contributed by atoms with E-state index in [0.717, 1.165) is 16.7 Å². The van der Waals surface area contributed by atoms with E-state index in [-0.39, 0.29) is 0 Å². The summed E-state index contributed by atoms with van der Waals surface area (Å²) in [6.07, 6.45) is 2.37. The lowest BCUT2D eigenvalue weighted by atomic mass is 10.1. The Hall–Kier alpha value is -1.99. The summed E-state index contributed by atoms with van der Waals surface area (Å²) in [6.45, 7) is 2.02. The van der Waals surface area contributed by atoms with Gasteiger partial charge >= 0.3 is 11.6 Å². The SMILES string of the molecule is CCc1ccc[n+](O)c1-c1ccc(Cl)nc1OC.O=S=O. The number of pyridine rings is 2. The predicted octanol–water partition coefficient (Wildman–Crippen LogP) is 1.83. The molecule has 0 atom stereocenters. The van der Waals surface area contributed by atoms with Crippen LogP contribution < -0.4 is 9.47 Å². The minimum Gasteiger partial charge on any atom is -0.480 e. The maximum atomic E-state index is 9.97. The first-order valence-electron chi connectivity index (χ1n) is 5.94. The van der Waals surface area contributed by atoms with Crippen molar-refractivity contribution in [2.24, 2.45) is 0 Å². The van der Waals surface area contributed by atoms with E-state index in [1.807, 2.05) is 13.0 Å². The van der Waals surface area contributed by atoms with Crippen molar-refractivity contribution in [3.05, 3.63) is 41.2 Å². The first-order chi connectivity index (χ1) is 10.1. The third kappa shape index (κ3) is 4.24. The fraction of sp³-hybridized carbons (Fsp3) is 0.231. The summed E-state index contributed by atoms with van der Waals surface area (Å²) in [4.78, 5) is 4.10. The van der Waals surface area contributed by atoms with Crippen LogP contribution in [0.1, 0.15) is 12.5 Å². The van der Waals surface area contributed by atoms with E-state index in [0.29, 0.717) is 22.3 Å². The van der Waals surface area contributed by atoms with Gasteiger partial charge in [-0.1, -0.05) is 18.5 Å². The lowest BCUT2D eigenvalue weighted by Gasteiger charge is -2.07. The van der Waals surface area contributed by atoms with Gasteiger partial charge in [-0.3, -0.25) is 5.21 Å². The average molecular weight is 330 g/mol. The molecule has 2 aromatic rings. The molecule has 0 radical (unpaired) electrons. The van der Waals surface area contributed by atoms with Gasteiger partial charge in [0.25, 0.3) is 5.69 Å². The van der Waals surface area contributed by atoms with E-state index in [4.69, 9.17) is 24.8 Å². The normalized spacial score (nSPS) is 9.48. The van der Waals surface area contributed by atoms with Gasteiger partial charge < -0.3 is 4.74 Å². The van der Waals surface area contributed by atoms with Crippen LogP contribution in [0.15, 0.2) is 30.5 Å². The van der Waals surface area contributed by atoms with Crippen molar-refractivity contribution in [1.82, 2.24) is 4.98 Å². The molecule has 0 bridgehead atoms. The quantitative estimate of drug-likeness (QED) is 0.528. The number of aryl methyl sites for hydroxylation is 1. The van der Waals surface area contributed by atoms with Crippen molar-refractivity contribution >= 4 is 23.2 Å². The first-order valence-corrected chi connectivity index (χ1v) is 6.99. The molecule has 0 fully saturated rings. The largest absolute Gasteiger partial charge is 0.480 e. The van der Waals surface area contributed by atoms with E-state index >= 15 is 0 Å². The molecule has 2 aromatic heterocycles. The molecule has 0 amide bonds. The molecule has 0 saturated carbocycles. The summed E-state index contributed by atoms with van der Waals surface area (Å²) >= 11 is 5.09. The molecule has 21 heavy (non-hydrogen) atoms. The van der Waals surface area contributed by atoms with Gasteiger partial charge in [0.05, 0.1) is 7.11 Å². The fourth-order valence-electron chi connectivity index (χ4n) is 1.88. The average Bonchev–Trinajstić information content (AvgIpc) is 2.48. The Bertz CT molecular complexity index is 661. The van der Waals surface area contributed by atoms with Crippen molar-refractivity contribution in [2.75, 3.05) is 7.11 Å². The number of rotatable bonds is 3. The van der Waals surface area contributed by atoms with Crippen LogP contribution in [0, 0.1) is 0 Å². The van der Waals surface area contributed by atoms with Crippen molar-refractivity contribution in [2.45, 2.75) is 13.3 Å². The highest BCUT2D eigenvalue weighted by Gasteiger charge is 2.22. The number of aromatic nitrogens is 2. The molecular weight excluding hydrogens is 316 g/mol. The molecule has 112 valence electrons. The van der Waals surface area contributed by atoms with Gasteiger partial charge in [-0.2, -0.15) is 8.42 Å². The Kier molecular flexibility index (Phi) is 6.77. The third-order valence-corrected chi connectivity index (χ3v) is 2.92. The molecule has 0 aliphatic carbocycles. The van der Waals surface area contributed by atoms with Gasteiger partial charge in [0.15, 0.2) is 0 Å². The topological polar surface area (TPSA) is 80.4 Å². The molecule has 0 saturated heterocycles. The second-order valence-electron chi connectivity index (χ2n) is 3.84. The second kappa shape index (κ2) is 8.33. The lowest BCUT2D eigenvalue weighted by Crippen LogP contribution is -2.33. The minimum absolute atomic E-state index is 0.356. The van der Waals surface area contributed by atoms with Crippen molar-refractivity contribution in [3.63, 3.8) is 0 Å². The van der Waals surface area contributed by atoms with Crippen molar-refractivity contribution in [1.29, 1.82) is 0 Å². The summed E-state index contributed by atoms with van der Waals surface area (Å²) in [7, 11) is 1.53. The zero-order chi connectivity index (χ0) is 15.8. The van der Waals surface area contributed by atoms with Gasteiger partial charge in [0, 0.05) is 16.4 Å². The Morgan fingerprint density at radius 2 is 2.05 bits per heavy atom. The van der Waals surface area contributed by atoms with Crippen LogP contribution in [0.3, 0.4) is 0 Å². The van der Waals surface area contributed by atoms with Crippen LogP contribution in [0.25, 0.3) is 11.3 Å². The monoisotopic (exact) mass is 329 g/mol. The standard InChI is InChI=1S/C13H14ClN2O2.O2S/c1-3-9-5-4-8-16(17)12(9)10-6-7-11(14)15-13(10)18-2;1-3-2/h4-8,17H,3H2,1-2H3;/q+1;. The van der Waals surface area contributed by atoms with Crippen LogP contribution in [0.5, 0.6) is 5.88 Å². The summed E-state index contributed by atoms with van der Waals surface area (Å²) < 4.78 is 22.9. The number of hydrogen-bond donors (Lipinski definition) is 1. The molecular formula is C13H14ClN2O4S+. The van der Waals surface area contributed by atoms with E-state index in [9.17, 15) is 5.21 Å². The minimum atomic E-state index is -0.750. The van der Waals surface area contributed by atoms with Crippen LogP contribution >= 0.6 is 11.6 Å². The zero-order valence-corrected chi connectivity index (χ0v) is 13.0. The molecule has 1 N–H and O–H groups in total. The summed E-state index contributed by atoms with van der Waals surface area (Å²) in [5.41, 5.74) is 2.38. The lowest BCUT2D eigenvalue weighted by molar-refractivity contribution is -0.896. The zero-order valence-electron chi connectivity index (χ0n) is 11.4. The molecule has 6 nitrogen and oxygen atoms in total. The maximum Gasteiger partial charge on any atom is 0.335 e. The molecule has 0 unspecified atom stereocenters. The number of hydrogen-bond acceptors (Lipinski definition) is 5. The third-order valence-electron chi connectivity index (χ3n) is 2.71. The number of halogens is 1. The maximum absolute atomic E-state index is 9.97. The summed E-state index contributed by atoms with van der Waals surface area (Å²) in [5, 5.41) is 10.3. The molecule has 8 heteroatoms. The smallest absolute Gasteiger partial charge is 0.335 e. The molecule has 0 spiro atoms. The Morgan fingerprint density at radius 1 is 1.38 bits per heavy atom. The number of ether oxygens (including phenoxy) is 1. The molecule has 2 rings (SSSR count). The first kappa shape index (κ1) is 17.1. The highest BCUT2D eigenvalue weighted by atomic mass is 35.5. The van der Waals surface area contributed by atoms with E-state index in [1.54, 1.807) is 24.4 Å². The van der Waals surface area contributed by atoms with Gasteiger partial charge in [-0.05, 0) is 24.6 Å². The number of nitrogens with zero attached hydrogens (tertiary/aromatic N) is 2. The van der Waals surface area contributed by atoms with E-state index in [1.165, 1.54) is 7.11 Å². The van der Waals surface area contributed by atoms with E-state index in [2.05, 4.69) is 4.98 Å². The summed E-state index contributed by atoms with van der Waals surface area (Å²) in [6, 6.07) is 7.20. The molecule has 0 aliphatic rings. The van der Waals surface area contributed by atoms with Gasteiger partial charge in [-0.15, -0.1) is 0 Å². The highest BCUT2D eigenvalue weighted by molar-refractivity contribution is 7.51. The van der Waals surface area contributed by atoms with Gasteiger partial charge in [-0.25, -0.2) is 4.98 Å².